The summed E-state index contributed by atoms with van der Waals surface area (Å²) >= 11 is 1.48. The summed E-state index contributed by atoms with van der Waals surface area (Å²) in [6, 6.07) is 1.73. The van der Waals surface area contributed by atoms with E-state index in [1.54, 1.807) is 18.5 Å². The van der Waals surface area contributed by atoms with Crippen LogP contribution in [0, 0.1) is 0 Å². The predicted molar refractivity (Wildman–Crippen MR) is 98.7 cm³/mol. The molecule has 1 amide bonds. The first-order valence-electron chi connectivity index (χ1n) is 8.71. The van der Waals surface area contributed by atoms with E-state index in [1.165, 1.54) is 11.3 Å². The third kappa shape index (κ3) is 4.32. The summed E-state index contributed by atoms with van der Waals surface area (Å²) in [5.74, 6) is 0.700. The second-order valence-corrected chi connectivity index (χ2v) is 7.04. The number of unbranched alkanes of at least 4 members (excludes halogenated alkanes) is 1. The van der Waals surface area contributed by atoms with Gasteiger partial charge in [0.15, 0.2) is 0 Å². The molecule has 0 aromatic carbocycles. The third-order valence-electron chi connectivity index (χ3n) is 4.33. The summed E-state index contributed by atoms with van der Waals surface area (Å²) in [6.07, 6.45) is 6.57. The summed E-state index contributed by atoms with van der Waals surface area (Å²) in [5.41, 5.74) is 6.67. The molecule has 0 saturated carbocycles. The van der Waals surface area contributed by atoms with Gasteiger partial charge in [-0.1, -0.05) is 19.8 Å². The van der Waals surface area contributed by atoms with Gasteiger partial charge in [0, 0.05) is 44.0 Å². The molecule has 2 aromatic rings. The number of hydrogen-bond acceptors (Lipinski definition) is 7. The molecule has 134 valence electrons. The maximum atomic E-state index is 12.7. The molecule has 1 aliphatic rings. The Hall–Kier alpha value is -2.06. The second kappa shape index (κ2) is 8.35. The highest BCUT2D eigenvalue weighted by Gasteiger charge is 2.25. The zero-order valence-electron chi connectivity index (χ0n) is 14.5. The fourth-order valence-corrected chi connectivity index (χ4v) is 3.66. The number of piperazine rings is 1. The van der Waals surface area contributed by atoms with Crippen LogP contribution in [0.1, 0.15) is 47.7 Å². The van der Waals surface area contributed by atoms with E-state index >= 15 is 0 Å². The van der Waals surface area contributed by atoms with Gasteiger partial charge in [0.25, 0.3) is 5.91 Å². The van der Waals surface area contributed by atoms with Crippen LogP contribution in [0.5, 0.6) is 0 Å². The fraction of sp³-hybridized carbons (Fsp3) is 0.529. The molecule has 1 fully saturated rings. The van der Waals surface area contributed by atoms with E-state index in [0.29, 0.717) is 24.7 Å². The lowest BCUT2D eigenvalue weighted by molar-refractivity contribution is 0.0741. The van der Waals surface area contributed by atoms with Gasteiger partial charge in [-0.25, -0.2) is 15.0 Å². The molecule has 2 aromatic heterocycles. The van der Waals surface area contributed by atoms with E-state index in [0.717, 1.165) is 37.4 Å². The minimum Gasteiger partial charge on any atom is -0.337 e. The molecule has 1 saturated heterocycles. The Kier molecular flexibility index (Phi) is 5.93. The summed E-state index contributed by atoms with van der Waals surface area (Å²) in [4.78, 5) is 29.6. The minimum absolute atomic E-state index is 0.0150. The number of nitrogens with zero attached hydrogens (tertiary/aromatic N) is 5. The fourth-order valence-electron chi connectivity index (χ4n) is 2.83. The summed E-state index contributed by atoms with van der Waals surface area (Å²) in [7, 11) is 0. The van der Waals surface area contributed by atoms with Crippen molar-refractivity contribution < 1.29 is 4.79 Å². The quantitative estimate of drug-likeness (QED) is 0.848. The molecule has 8 heteroatoms. The van der Waals surface area contributed by atoms with Crippen LogP contribution in [-0.2, 0) is 0 Å². The Morgan fingerprint density at radius 3 is 2.68 bits per heavy atom. The molecular weight excluding hydrogens is 336 g/mol. The van der Waals surface area contributed by atoms with Crippen molar-refractivity contribution in [1.82, 2.24) is 19.9 Å². The lowest BCUT2D eigenvalue weighted by Gasteiger charge is -2.34. The molecule has 3 rings (SSSR count). The van der Waals surface area contributed by atoms with Gasteiger partial charge in [-0.3, -0.25) is 4.79 Å². The molecule has 0 bridgehead atoms. The van der Waals surface area contributed by atoms with E-state index in [-0.39, 0.29) is 11.9 Å². The molecule has 1 atom stereocenters. The number of anilines is 1. The van der Waals surface area contributed by atoms with Crippen molar-refractivity contribution in [1.29, 1.82) is 0 Å². The Morgan fingerprint density at radius 2 is 2.00 bits per heavy atom. The van der Waals surface area contributed by atoms with Crippen LogP contribution < -0.4 is 10.6 Å². The van der Waals surface area contributed by atoms with Crippen LogP contribution in [0.3, 0.4) is 0 Å². The van der Waals surface area contributed by atoms with Crippen LogP contribution in [-0.4, -0.2) is 51.9 Å². The molecule has 3 heterocycles. The largest absolute Gasteiger partial charge is 0.337 e. The van der Waals surface area contributed by atoms with E-state index in [4.69, 9.17) is 5.73 Å². The van der Waals surface area contributed by atoms with E-state index in [2.05, 4.69) is 26.8 Å². The van der Waals surface area contributed by atoms with Gasteiger partial charge in [0.05, 0.1) is 6.04 Å². The molecule has 25 heavy (non-hydrogen) atoms. The van der Waals surface area contributed by atoms with Gasteiger partial charge in [0.2, 0.25) is 5.95 Å². The Labute approximate surface area is 151 Å². The number of thiazole rings is 1. The van der Waals surface area contributed by atoms with Crippen molar-refractivity contribution in [2.24, 2.45) is 5.73 Å². The average Bonchev–Trinajstić information content (AvgIpc) is 3.16. The highest BCUT2D eigenvalue weighted by Crippen LogP contribution is 2.22. The van der Waals surface area contributed by atoms with Crippen molar-refractivity contribution in [3.8, 4) is 0 Å². The van der Waals surface area contributed by atoms with Crippen molar-refractivity contribution in [2.45, 2.75) is 32.2 Å². The average molecular weight is 360 g/mol. The first kappa shape index (κ1) is 17.8. The number of carbonyl (C=O) groups is 1. The van der Waals surface area contributed by atoms with Gasteiger partial charge >= 0.3 is 0 Å². The predicted octanol–water partition coefficient (Wildman–Crippen LogP) is 2.09. The van der Waals surface area contributed by atoms with E-state index in [9.17, 15) is 4.79 Å². The monoisotopic (exact) mass is 360 g/mol. The second-order valence-electron chi connectivity index (χ2n) is 6.15. The van der Waals surface area contributed by atoms with Gasteiger partial charge in [-0.05, 0) is 12.5 Å². The number of amides is 1. The van der Waals surface area contributed by atoms with Gasteiger partial charge < -0.3 is 15.5 Å². The first-order chi connectivity index (χ1) is 12.2. The normalized spacial score (nSPS) is 16.1. The zero-order chi connectivity index (χ0) is 17.6. The number of nitrogens with two attached hydrogens (primary N) is 1. The molecular formula is C17H24N6OS. The van der Waals surface area contributed by atoms with Crippen LogP contribution in [0.25, 0.3) is 0 Å². The van der Waals surface area contributed by atoms with Crippen LogP contribution >= 0.6 is 11.3 Å². The molecule has 0 aliphatic carbocycles. The molecule has 1 unspecified atom stereocenters. The number of aromatic nitrogens is 3. The Bertz CT molecular complexity index is 683. The SMILES string of the molecule is CCCCC(N)c1nc(C(=O)N2CCN(c3ncccn3)CC2)cs1. The van der Waals surface area contributed by atoms with Crippen LogP contribution in [0.4, 0.5) is 5.95 Å². The van der Waals surface area contributed by atoms with Gasteiger partial charge in [-0.2, -0.15) is 0 Å². The maximum Gasteiger partial charge on any atom is 0.273 e. The van der Waals surface area contributed by atoms with Crippen LogP contribution in [0.2, 0.25) is 0 Å². The first-order valence-corrected chi connectivity index (χ1v) is 9.59. The van der Waals surface area contributed by atoms with Crippen molar-refractivity contribution in [3.63, 3.8) is 0 Å². The number of hydrogen-bond donors (Lipinski definition) is 1. The lowest BCUT2D eigenvalue weighted by Crippen LogP contribution is -2.49. The topological polar surface area (TPSA) is 88.2 Å². The highest BCUT2D eigenvalue weighted by molar-refractivity contribution is 7.09. The van der Waals surface area contributed by atoms with E-state index < -0.39 is 0 Å². The standard InChI is InChI=1S/C17H24N6OS/c1-2-3-5-13(18)15-21-14(12-25-15)16(24)22-8-10-23(11-9-22)17-19-6-4-7-20-17/h4,6-7,12-13H,2-3,5,8-11,18H2,1H3. The number of carbonyl (C=O) groups excluding carboxylic acids is 1. The van der Waals surface area contributed by atoms with Gasteiger partial charge in [0.1, 0.15) is 10.7 Å². The third-order valence-corrected chi connectivity index (χ3v) is 5.31. The summed E-state index contributed by atoms with van der Waals surface area (Å²) < 4.78 is 0. The Balaban J connectivity index is 1.57. The smallest absolute Gasteiger partial charge is 0.273 e. The molecule has 1 aliphatic heterocycles. The number of rotatable bonds is 6. The maximum absolute atomic E-state index is 12.7. The Morgan fingerprint density at radius 1 is 1.28 bits per heavy atom. The molecule has 7 nitrogen and oxygen atoms in total. The molecule has 0 spiro atoms. The molecule has 2 N–H and O–H groups in total. The van der Waals surface area contributed by atoms with Crippen LogP contribution in [0.15, 0.2) is 23.8 Å². The summed E-state index contributed by atoms with van der Waals surface area (Å²) in [5, 5.41) is 2.68. The van der Waals surface area contributed by atoms with Crippen molar-refractivity contribution in [2.75, 3.05) is 31.1 Å². The molecule has 0 radical (unpaired) electrons. The summed E-state index contributed by atoms with van der Waals surface area (Å²) in [6.45, 7) is 4.88. The lowest BCUT2D eigenvalue weighted by atomic mass is 10.1. The zero-order valence-corrected chi connectivity index (χ0v) is 15.3. The van der Waals surface area contributed by atoms with E-state index in [1.807, 2.05) is 10.3 Å². The van der Waals surface area contributed by atoms with Crippen molar-refractivity contribution >= 4 is 23.2 Å². The minimum atomic E-state index is -0.0708. The highest BCUT2D eigenvalue weighted by atomic mass is 32.1. The van der Waals surface area contributed by atoms with Gasteiger partial charge in [-0.15, -0.1) is 11.3 Å². The van der Waals surface area contributed by atoms with Crippen molar-refractivity contribution in [3.05, 3.63) is 34.5 Å².